The number of rotatable bonds is 4. The van der Waals surface area contributed by atoms with Crippen molar-refractivity contribution < 1.29 is 8.78 Å². The Morgan fingerprint density at radius 2 is 2.39 bits per heavy atom. The Kier molecular flexibility index (Phi) is 4.51. The van der Waals surface area contributed by atoms with Crippen LogP contribution in [0, 0.1) is 5.92 Å². The van der Waals surface area contributed by atoms with Crippen LogP contribution in [0.4, 0.5) is 8.78 Å². The van der Waals surface area contributed by atoms with E-state index in [1.807, 2.05) is 5.38 Å². The van der Waals surface area contributed by atoms with Crippen molar-refractivity contribution in [3.05, 3.63) is 39.6 Å². The van der Waals surface area contributed by atoms with Crippen LogP contribution >= 0.6 is 11.3 Å². The van der Waals surface area contributed by atoms with Crippen molar-refractivity contribution in [2.45, 2.75) is 19.9 Å². The molecule has 0 saturated carbocycles. The van der Waals surface area contributed by atoms with Gasteiger partial charge < -0.3 is 10.6 Å². The first-order chi connectivity index (χ1) is 11.1. The van der Waals surface area contributed by atoms with Gasteiger partial charge in [0.1, 0.15) is 0 Å². The molecular formula is C15H17F2N5S. The molecule has 0 radical (unpaired) electrons. The number of nitrogens with zero attached hydrogens (tertiary/aromatic N) is 4. The summed E-state index contributed by atoms with van der Waals surface area (Å²) in [5.41, 5.74) is 8.07. The average molecular weight is 337 g/mol. The second-order valence-electron chi connectivity index (χ2n) is 5.50. The number of aromatic nitrogens is 1. The van der Waals surface area contributed by atoms with E-state index in [-0.39, 0.29) is 0 Å². The van der Waals surface area contributed by atoms with E-state index in [4.69, 9.17) is 5.73 Å². The molecule has 2 N–H and O–H groups in total. The SMILES string of the molecule is CC1CC2=C(C(C=NC(F)F)=CN)CN=C(c3nccs3)N2C1. The molecule has 0 aromatic carbocycles. The average Bonchev–Trinajstić information content (AvgIpc) is 3.16. The van der Waals surface area contributed by atoms with Crippen molar-refractivity contribution in [3.63, 3.8) is 0 Å². The largest absolute Gasteiger partial charge is 0.404 e. The number of hydrogen-bond donors (Lipinski definition) is 1. The van der Waals surface area contributed by atoms with Crippen LogP contribution in [0.15, 0.2) is 44.6 Å². The Labute approximate surface area is 137 Å². The third-order valence-corrected chi connectivity index (χ3v) is 4.60. The normalized spacial score (nSPS) is 22.3. The summed E-state index contributed by atoms with van der Waals surface area (Å²) < 4.78 is 24.7. The van der Waals surface area contributed by atoms with Gasteiger partial charge in [0.05, 0.1) is 6.54 Å². The van der Waals surface area contributed by atoms with Gasteiger partial charge >= 0.3 is 6.55 Å². The summed E-state index contributed by atoms with van der Waals surface area (Å²) in [4.78, 5) is 14.2. The van der Waals surface area contributed by atoms with E-state index in [0.717, 1.165) is 41.3 Å². The molecule has 1 aromatic rings. The van der Waals surface area contributed by atoms with E-state index in [9.17, 15) is 8.78 Å². The number of amidine groups is 1. The van der Waals surface area contributed by atoms with Crippen LogP contribution in [0.1, 0.15) is 18.4 Å². The van der Waals surface area contributed by atoms with Crippen molar-refractivity contribution in [3.8, 4) is 0 Å². The first-order valence-electron chi connectivity index (χ1n) is 7.27. The van der Waals surface area contributed by atoms with Gasteiger partial charge in [-0.3, -0.25) is 4.99 Å². The Balaban J connectivity index is 1.96. The molecule has 0 amide bonds. The van der Waals surface area contributed by atoms with E-state index < -0.39 is 6.55 Å². The molecule has 0 aliphatic carbocycles. The molecule has 0 spiro atoms. The molecule has 8 heteroatoms. The number of nitrogens with two attached hydrogens (primary N) is 1. The monoisotopic (exact) mass is 337 g/mol. The lowest BCUT2D eigenvalue weighted by Gasteiger charge is -2.28. The molecule has 1 atom stereocenters. The van der Waals surface area contributed by atoms with E-state index in [1.165, 1.54) is 17.5 Å². The van der Waals surface area contributed by atoms with Crippen LogP contribution in [0.5, 0.6) is 0 Å². The summed E-state index contributed by atoms with van der Waals surface area (Å²) in [7, 11) is 0. The molecule has 2 aliphatic rings. The highest BCUT2D eigenvalue weighted by molar-refractivity contribution is 7.11. The minimum atomic E-state index is -2.74. The van der Waals surface area contributed by atoms with Crippen molar-refractivity contribution in [2.24, 2.45) is 21.6 Å². The number of alkyl halides is 2. The van der Waals surface area contributed by atoms with Crippen LogP contribution in [-0.2, 0) is 0 Å². The number of thiazole rings is 1. The van der Waals surface area contributed by atoms with E-state index >= 15 is 0 Å². The molecule has 122 valence electrons. The Morgan fingerprint density at radius 3 is 3.04 bits per heavy atom. The highest BCUT2D eigenvalue weighted by atomic mass is 32.1. The van der Waals surface area contributed by atoms with E-state index in [1.54, 1.807) is 6.20 Å². The van der Waals surface area contributed by atoms with Gasteiger partial charge in [0, 0.05) is 47.4 Å². The number of allylic oxidation sites excluding steroid dienone is 1. The molecule has 3 rings (SSSR count). The zero-order valence-corrected chi connectivity index (χ0v) is 13.4. The summed E-state index contributed by atoms with van der Waals surface area (Å²) in [6.07, 6.45) is 5.07. The smallest absolute Gasteiger partial charge is 0.331 e. The first-order valence-corrected chi connectivity index (χ1v) is 8.15. The predicted molar refractivity (Wildman–Crippen MR) is 87.8 cm³/mol. The maximum atomic E-state index is 12.3. The van der Waals surface area contributed by atoms with Gasteiger partial charge in [-0.2, -0.15) is 8.78 Å². The van der Waals surface area contributed by atoms with Gasteiger partial charge in [0.25, 0.3) is 0 Å². The van der Waals surface area contributed by atoms with Crippen molar-refractivity contribution in [1.29, 1.82) is 0 Å². The Bertz CT molecular complexity index is 691. The topological polar surface area (TPSA) is 66.9 Å². The molecular weight excluding hydrogens is 320 g/mol. The fourth-order valence-corrected chi connectivity index (χ4v) is 3.54. The van der Waals surface area contributed by atoms with Crippen LogP contribution in [-0.4, -0.2) is 41.6 Å². The Morgan fingerprint density at radius 1 is 1.57 bits per heavy atom. The molecule has 1 saturated heterocycles. The van der Waals surface area contributed by atoms with Gasteiger partial charge in [-0.05, 0) is 12.3 Å². The maximum Gasteiger partial charge on any atom is 0.331 e. The van der Waals surface area contributed by atoms with Gasteiger partial charge in [-0.1, -0.05) is 6.92 Å². The summed E-state index contributed by atoms with van der Waals surface area (Å²) in [5, 5.41) is 2.78. The molecule has 5 nitrogen and oxygen atoms in total. The van der Waals surface area contributed by atoms with Crippen LogP contribution in [0.25, 0.3) is 0 Å². The summed E-state index contributed by atoms with van der Waals surface area (Å²) in [5.74, 6) is 1.31. The molecule has 1 aromatic heterocycles. The number of aliphatic imine (C=N–C) groups is 2. The lowest BCUT2D eigenvalue weighted by molar-refractivity contribution is 0.160. The highest BCUT2D eigenvalue weighted by Crippen LogP contribution is 2.35. The van der Waals surface area contributed by atoms with Gasteiger partial charge in [0.2, 0.25) is 0 Å². The molecule has 0 bridgehead atoms. The second kappa shape index (κ2) is 6.57. The van der Waals surface area contributed by atoms with Gasteiger partial charge in [0.15, 0.2) is 10.8 Å². The van der Waals surface area contributed by atoms with E-state index in [0.29, 0.717) is 18.0 Å². The molecule has 3 heterocycles. The van der Waals surface area contributed by atoms with Crippen molar-refractivity contribution >= 4 is 23.4 Å². The summed E-state index contributed by atoms with van der Waals surface area (Å²) >= 11 is 1.54. The second-order valence-corrected chi connectivity index (χ2v) is 6.39. The molecule has 2 aliphatic heterocycles. The number of hydrogen-bond acceptors (Lipinski definition) is 6. The maximum absolute atomic E-state index is 12.3. The lowest BCUT2D eigenvalue weighted by Crippen LogP contribution is -2.33. The fourth-order valence-electron chi connectivity index (χ4n) is 2.89. The standard InChI is InChI=1S/C15H17F2N5S/c1-9-4-12-11(10(5-18)6-21-15(16)17)7-20-13(22(12)8-9)14-19-2-3-23-14/h2-3,5-6,9,15H,4,7-8,18H2,1H3. The minimum Gasteiger partial charge on any atom is -0.404 e. The zero-order chi connectivity index (χ0) is 16.4. The zero-order valence-electron chi connectivity index (χ0n) is 12.6. The summed E-state index contributed by atoms with van der Waals surface area (Å²) in [6.45, 7) is 0.640. The number of halogens is 2. The van der Waals surface area contributed by atoms with Crippen molar-refractivity contribution in [1.82, 2.24) is 9.88 Å². The van der Waals surface area contributed by atoms with Gasteiger partial charge in [-0.25, -0.2) is 9.98 Å². The lowest BCUT2D eigenvalue weighted by atomic mass is 10.0. The first kappa shape index (κ1) is 15.8. The molecule has 1 unspecified atom stereocenters. The molecule has 1 fully saturated rings. The fraction of sp³-hybridized carbons (Fsp3) is 0.400. The quantitative estimate of drug-likeness (QED) is 0.678. The molecule has 23 heavy (non-hydrogen) atoms. The van der Waals surface area contributed by atoms with Crippen LogP contribution < -0.4 is 5.73 Å². The van der Waals surface area contributed by atoms with Crippen LogP contribution in [0.3, 0.4) is 0 Å². The van der Waals surface area contributed by atoms with E-state index in [2.05, 4.69) is 26.8 Å². The number of fused-ring (bicyclic) bond motifs is 1. The van der Waals surface area contributed by atoms with Crippen LogP contribution in [0.2, 0.25) is 0 Å². The third kappa shape index (κ3) is 3.17. The van der Waals surface area contributed by atoms with Gasteiger partial charge in [-0.15, -0.1) is 11.3 Å². The third-order valence-electron chi connectivity index (χ3n) is 3.83. The highest BCUT2D eigenvalue weighted by Gasteiger charge is 2.34. The van der Waals surface area contributed by atoms with Crippen molar-refractivity contribution in [2.75, 3.05) is 13.1 Å². The summed E-state index contributed by atoms with van der Waals surface area (Å²) in [6, 6.07) is 0. The minimum absolute atomic E-state index is 0.395. The Hall–Kier alpha value is -2.09. The predicted octanol–water partition coefficient (Wildman–Crippen LogP) is 2.64.